The molecule has 24 heavy (non-hydrogen) atoms. The summed E-state index contributed by atoms with van der Waals surface area (Å²) in [7, 11) is 2.05. The van der Waals surface area contributed by atoms with Crippen LogP contribution in [0.4, 0.5) is 9.52 Å². The van der Waals surface area contributed by atoms with Crippen molar-refractivity contribution in [1.29, 1.82) is 5.26 Å². The quantitative estimate of drug-likeness (QED) is 0.929. The molecule has 0 bridgehead atoms. The van der Waals surface area contributed by atoms with Crippen molar-refractivity contribution in [3.05, 3.63) is 35.8 Å². The summed E-state index contributed by atoms with van der Waals surface area (Å²) in [6.45, 7) is 1.83. The number of anilines is 1. The Bertz CT molecular complexity index is 790. The molecule has 0 spiro atoms. The number of piperidine rings is 1. The second kappa shape index (κ2) is 7.07. The van der Waals surface area contributed by atoms with E-state index in [1.54, 1.807) is 18.3 Å². The standard InChI is InChI=1S/C17H17FN4OS/c1-22-6-4-12(5-7-22)16(23)21-17-20-10-15(24-17)13-3-2-11(9-19)8-14(13)18/h2-3,8,10,12H,4-7H2,1H3,(H,20,21,23). The van der Waals surface area contributed by atoms with Crippen LogP contribution in [-0.2, 0) is 4.79 Å². The molecule has 7 heteroatoms. The van der Waals surface area contributed by atoms with Gasteiger partial charge in [-0.2, -0.15) is 5.26 Å². The van der Waals surface area contributed by atoms with Crippen molar-refractivity contribution in [2.75, 3.05) is 25.5 Å². The van der Waals surface area contributed by atoms with Gasteiger partial charge in [-0.1, -0.05) is 11.3 Å². The number of benzene rings is 1. The third-order valence-corrected chi connectivity index (χ3v) is 5.13. The zero-order chi connectivity index (χ0) is 17.1. The van der Waals surface area contributed by atoms with Gasteiger partial charge in [0.05, 0.1) is 16.5 Å². The molecule has 0 atom stereocenters. The number of thiazole rings is 1. The predicted octanol–water partition coefficient (Wildman–Crippen LogP) is 3.10. The van der Waals surface area contributed by atoms with Crippen LogP contribution in [-0.4, -0.2) is 35.9 Å². The van der Waals surface area contributed by atoms with Gasteiger partial charge in [-0.3, -0.25) is 4.79 Å². The molecule has 0 saturated carbocycles. The first kappa shape index (κ1) is 16.6. The molecule has 1 aromatic heterocycles. The molecule has 5 nitrogen and oxygen atoms in total. The van der Waals surface area contributed by atoms with Gasteiger partial charge in [-0.15, -0.1) is 0 Å². The first-order chi connectivity index (χ1) is 11.6. The Balaban J connectivity index is 1.70. The summed E-state index contributed by atoms with van der Waals surface area (Å²) in [5, 5.41) is 12.1. The zero-order valence-corrected chi connectivity index (χ0v) is 14.1. The molecular weight excluding hydrogens is 327 g/mol. The van der Waals surface area contributed by atoms with Crippen LogP contribution < -0.4 is 5.32 Å². The van der Waals surface area contributed by atoms with Crippen LogP contribution in [0.1, 0.15) is 18.4 Å². The van der Waals surface area contributed by atoms with Crippen molar-refractivity contribution in [2.24, 2.45) is 5.92 Å². The van der Waals surface area contributed by atoms with E-state index in [1.165, 1.54) is 17.4 Å². The number of hydrogen-bond acceptors (Lipinski definition) is 5. The third-order valence-electron chi connectivity index (χ3n) is 4.19. The molecule has 1 aliphatic heterocycles. The second-order valence-corrected chi connectivity index (χ2v) is 6.93. The topological polar surface area (TPSA) is 69.0 Å². The lowest BCUT2D eigenvalue weighted by Gasteiger charge is -2.27. The van der Waals surface area contributed by atoms with E-state index in [0.717, 1.165) is 25.9 Å². The number of carbonyl (C=O) groups is 1. The van der Waals surface area contributed by atoms with Crippen LogP contribution in [0.25, 0.3) is 10.4 Å². The summed E-state index contributed by atoms with van der Waals surface area (Å²) in [5.74, 6) is -0.490. The van der Waals surface area contributed by atoms with Crippen LogP contribution in [0.3, 0.4) is 0 Å². The van der Waals surface area contributed by atoms with Crippen LogP contribution in [0.15, 0.2) is 24.4 Å². The van der Waals surface area contributed by atoms with Crippen LogP contribution in [0, 0.1) is 23.1 Å². The van der Waals surface area contributed by atoms with E-state index in [4.69, 9.17) is 5.26 Å². The summed E-state index contributed by atoms with van der Waals surface area (Å²) < 4.78 is 14.1. The van der Waals surface area contributed by atoms with Crippen molar-refractivity contribution < 1.29 is 9.18 Å². The van der Waals surface area contributed by atoms with Crippen molar-refractivity contribution in [2.45, 2.75) is 12.8 Å². The Morgan fingerprint density at radius 1 is 1.46 bits per heavy atom. The van der Waals surface area contributed by atoms with Gasteiger partial charge >= 0.3 is 0 Å². The van der Waals surface area contributed by atoms with Gasteiger partial charge in [0, 0.05) is 17.7 Å². The number of aromatic nitrogens is 1. The van der Waals surface area contributed by atoms with Gasteiger partial charge in [0.2, 0.25) is 5.91 Å². The van der Waals surface area contributed by atoms with E-state index in [9.17, 15) is 9.18 Å². The lowest BCUT2D eigenvalue weighted by molar-refractivity contribution is -0.121. The normalized spacial score (nSPS) is 15.9. The van der Waals surface area contributed by atoms with E-state index in [0.29, 0.717) is 15.6 Å². The maximum Gasteiger partial charge on any atom is 0.229 e. The molecular formula is C17H17FN4OS. The fourth-order valence-corrected chi connectivity index (χ4v) is 3.57. The highest BCUT2D eigenvalue weighted by Gasteiger charge is 2.24. The lowest BCUT2D eigenvalue weighted by Crippen LogP contribution is -2.35. The first-order valence-electron chi connectivity index (χ1n) is 7.72. The van der Waals surface area contributed by atoms with Gasteiger partial charge < -0.3 is 10.2 Å². The van der Waals surface area contributed by atoms with E-state index < -0.39 is 5.82 Å². The van der Waals surface area contributed by atoms with E-state index in [1.807, 2.05) is 13.1 Å². The second-order valence-electron chi connectivity index (χ2n) is 5.90. The number of nitrogens with zero attached hydrogens (tertiary/aromatic N) is 3. The average molecular weight is 344 g/mol. The maximum atomic E-state index is 14.1. The number of rotatable bonds is 3. The fourth-order valence-electron chi connectivity index (χ4n) is 2.72. The van der Waals surface area contributed by atoms with Crippen LogP contribution in [0.2, 0.25) is 0 Å². The number of nitriles is 1. The van der Waals surface area contributed by atoms with Gasteiger partial charge in [-0.25, -0.2) is 9.37 Å². The van der Waals surface area contributed by atoms with Gasteiger partial charge in [-0.05, 0) is 51.2 Å². The number of hydrogen-bond donors (Lipinski definition) is 1. The van der Waals surface area contributed by atoms with Crippen LogP contribution >= 0.6 is 11.3 Å². The average Bonchev–Trinajstić information content (AvgIpc) is 3.03. The minimum absolute atomic E-state index is 0.000183. The molecule has 3 rings (SSSR count). The minimum Gasteiger partial charge on any atom is -0.306 e. The number of halogens is 1. The molecule has 1 fully saturated rings. The van der Waals surface area contributed by atoms with Gasteiger partial charge in [0.15, 0.2) is 5.13 Å². The minimum atomic E-state index is -0.467. The van der Waals surface area contributed by atoms with Gasteiger partial charge in [0.25, 0.3) is 0 Å². The Morgan fingerprint density at radius 2 is 2.21 bits per heavy atom. The maximum absolute atomic E-state index is 14.1. The fraction of sp³-hybridized carbons (Fsp3) is 0.353. The molecule has 1 aromatic carbocycles. The lowest BCUT2D eigenvalue weighted by atomic mass is 9.96. The Hall–Kier alpha value is -2.30. The van der Waals surface area contributed by atoms with Crippen molar-refractivity contribution >= 4 is 22.4 Å². The van der Waals surface area contributed by atoms with E-state index in [2.05, 4.69) is 15.2 Å². The molecule has 2 heterocycles. The summed E-state index contributed by atoms with van der Waals surface area (Å²) in [6.07, 6.45) is 3.22. The molecule has 124 valence electrons. The van der Waals surface area contributed by atoms with E-state index >= 15 is 0 Å². The Labute approximate surface area is 143 Å². The molecule has 1 N–H and O–H groups in total. The molecule has 0 aliphatic carbocycles. The number of carbonyl (C=O) groups excluding carboxylic acids is 1. The van der Waals surface area contributed by atoms with Crippen LogP contribution in [0.5, 0.6) is 0 Å². The van der Waals surface area contributed by atoms with Gasteiger partial charge in [0.1, 0.15) is 5.82 Å². The first-order valence-corrected chi connectivity index (χ1v) is 8.53. The highest BCUT2D eigenvalue weighted by molar-refractivity contribution is 7.19. The van der Waals surface area contributed by atoms with Crippen molar-refractivity contribution in [3.63, 3.8) is 0 Å². The number of likely N-dealkylation sites (tertiary alicyclic amines) is 1. The molecule has 1 aliphatic rings. The number of amides is 1. The predicted molar refractivity (Wildman–Crippen MR) is 91.1 cm³/mol. The SMILES string of the molecule is CN1CCC(C(=O)Nc2ncc(-c3ccc(C#N)cc3F)s2)CC1. The Morgan fingerprint density at radius 3 is 2.88 bits per heavy atom. The van der Waals surface area contributed by atoms with Crippen molar-refractivity contribution in [1.82, 2.24) is 9.88 Å². The van der Waals surface area contributed by atoms with Crippen molar-refractivity contribution in [3.8, 4) is 16.5 Å². The summed E-state index contributed by atoms with van der Waals surface area (Å²) in [5.41, 5.74) is 0.655. The highest BCUT2D eigenvalue weighted by atomic mass is 32.1. The third kappa shape index (κ3) is 3.61. The molecule has 1 amide bonds. The molecule has 1 saturated heterocycles. The summed E-state index contributed by atoms with van der Waals surface area (Å²) >= 11 is 1.23. The molecule has 2 aromatic rings. The van der Waals surface area contributed by atoms with E-state index in [-0.39, 0.29) is 17.4 Å². The smallest absolute Gasteiger partial charge is 0.229 e. The zero-order valence-electron chi connectivity index (χ0n) is 13.3. The highest BCUT2D eigenvalue weighted by Crippen LogP contribution is 2.31. The largest absolute Gasteiger partial charge is 0.306 e. The Kier molecular flexibility index (Phi) is 4.88. The summed E-state index contributed by atoms with van der Waals surface area (Å²) in [6, 6.07) is 6.23. The molecule has 0 unspecified atom stereocenters. The number of nitrogens with one attached hydrogen (secondary N) is 1. The summed E-state index contributed by atoms with van der Waals surface area (Å²) in [4.78, 5) is 19.3. The monoisotopic (exact) mass is 344 g/mol. The molecule has 0 radical (unpaired) electrons.